The minimum Gasteiger partial charge on any atom is -0.389 e. The summed E-state index contributed by atoms with van der Waals surface area (Å²) in [4.78, 5) is 29.6. The van der Waals surface area contributed by atoms with Gasteiger partial charge in [0.25, 0.3) is 5.91 Å². The first kappa shape index (κ1) is 26.2. The molecule has 8 nitrogen and oxygen atoms in total. The van der Waals surface area contributed by atoms with Crippen LogP contribution < -0.4 is 5.73 Å². The summed E-state index contributed by atoms with van der Waals surface area (Å²) in [6.45, 7) is 8.21. The van der Waals surface area contributed by atoms with Crippen molar-refractivity contribution >= 4 is 11.7 Å². The van der Waals surface area contributed by atoms with Crippen LogP contribution in [0.25, 0.3) is 11.3 Å². The maximum absolute atomic E-state index is 15.3. The molecule has 9 heteroatoms. The third-order valence-corrected chi connectivity index (χ3v) is 6.12. The smallest absolute Gasteiger partial charge is 0.256 e. The second-order valence-corrected chi connectivity index (χ2v) is 9.69. The van der Waals surface area contributed by atoms with Crippen molar-refractivity contribution < 1.29 is 14.3 Å². The number of pyridine rings is 1. The highest BCUT2D eigenvalue weighted by Crippen LogP contribution is 2.26. The number of nitrogen functional groups attached to an aromatic ring is 1. The molecule has 3 N–H and O–H groups in total. The molecular weight excluding hydrogens is 471 g/mol. The highest BCUT2D eigenvalue weighted by atomic mass is 19.1. The van der Waals surface area contributed by atoms with E-state index in [1.807, 2.05) is 6.92 Å². The maximum Gasteiger partial charge on any atom is 0.256 e. The van der Waals surface area contributed by atoms with Gasteiger partial charge in [0.15, 0.2) is 0 Å². The number of β-amino-alcohol motifs (C(OH)–C–C–N with tert-alkyl or cyclic N) is 1. The minimum atomic E-state index is -0.804. The standard InChI is InChI=1S/C28H31FN6O2/c1-4-24-22(8-5-19-6-10-25(30)31-16-19)26(33-18-32-24)20-7-9-21(23(29)15-20)27(36)35-13-11-34(12-14-35)17-28(2,3)37/h6-7,9-10,15-16,18,37H,4,11-14,17H2,1-3H3,(H2,30,31). The van der Waals surface area contributed by atoms with E-state index < -0.39 is 11.4 Å². The Kier molecular flexibility index (Phi) is 7.81. The van der Waals surface area contributed by atoms with E-state index in [2.05, 4.69) is 31.7 Å². The monoisotopic (exact) mass is 502 g/mol. The van der Waals surface area contributed by atoms with Crippen LogP contribution in [-0.2, 0) is 6.42 Å². The van der Waals surface area contributed by atoms with Gasteiger partial charge in [0.1, 0.15) is 18.0 Å². The second-order valence-electron chi connectivity index (χ2n) is 9.69. The molecule has 3 heterocycles. The molecule has 1 saturated heterocycles. The molecule has 2 aromatic heterocycles. The Bertz CT molecular complexity index is 1330. The lowest BCUT2D eigenvalue weighted by atomic mass is 10.0. The summed E-state index contributed by atoms with van der Waals surface area (Å²) in [7, 11) is 0. The van der Waals surface area contributed by atoms with Gasteiger partial charge in [-0.3, -0.25) is 9.69 Å². The van der Waals surface area contributed by atoms with E-state index in [1.54, 1.807) is 43.1 Å². The topological polar surface area (TPSA) is 108 Å². The van der Waals surface area contributed by atoms with Crippen molar-refractivity contribution in [1.82, 2.24) is 24.8 Å². The zero-order chi connectivity index (χ0) is 26.6. The summed E-state index contributed by atoms with van der Waals surface area (Å²) in [5.41, 5.74) is 7.90. The molecule has 0 bridgehead atoms. The van der Waals surface area contributed by atoms with E-state index in [0.717, 1.165) is 5.69 Å². The average Bonchev–Trinajstić information content (AvgIpc) is 2.87. The Morgan fingerprint density at radius 2 is 1.86 bits per heavy atom. The summed E-state index contributed by atoms with van der Waals surface area (Å²) in [5.74, 6) is 5.62. The van der Waals surface area contributed by atoms with Gasteiger partial charge in [-0.1, -0.05) is 24.8 Å². The van der Waals surface area contributed by atoms with Crippen molar-refractivity contribution in [3.05, 3.63) is 71.1 Å². The van der Waals surface area contributed by atoms with Gasteiger partial charge in [-0.05, 0) is 44.5 Å². The van der Waals surface area contributed by atoms with Crippen molar-refractivity contribution in [2.45, 2.75) is 32.8 Å². The molecule has 0 spiro atoms. The quantitative estimate of drug-likeness (QED) is 0.517. The van der Waals surface area contributed by atoms with Crippen molar-refractivity contribution in [3.63, 3.8) is 0 Å². The van der Waals surface area contributed by atoms with Crippen LogP contribution in [0.5, 0.6) is 0 Å². The van der Waals surface area contributed by atoms with Gasteiger partial charge >= 0.3 is 0 Å². The Morgan fingerprint density at radius 1 is 1.11 bits per heavy atom. The van der Waals surface area contributed by atoms with E-state index in [0.29, 0.717) is 67.3 Å². The summed E-state index contributed by atoms with van der Waals surface area (Å²) in [6, 6.07) is 7.97. The summed E-state index contributed by atoms with van der Waals surface area (Å²) >= 11 is 0. The molecule has 3 aromatic rings. The molecule has 1 aromatic carbocycles. The number of aliphatic hydroxyl groups is 1. The minimum absolute atomic E-state index is 0.0186. The molecule has 1 fully saturated rings. The number of aryl methyl sites for hydroxylation is 1. The first-order valence-electron chi connectivity index (χ1n) is 12.3. The molecule has 1 aliphatic heterocycles. The SMILES string of the molecule is CCc1ncnc(-c2ccc(C(=O)N3CCN(CC(C)(C)O)CC3)c(F)c2)c1C#Cc1ccc(N)nc1. The lowest BCUT2D eigenvalue weighted by Gasteiger charge is -2.37. The van der Waals surface area contributed by atoms with Gasteiger partial charge in [0, 0.05) is 50.0 Å². The van der Waals surface area contributed by atoms with E-state index in [1.165, 1.54) is 18.5 Å². The highest BCUT2D eigenvalue weighted by Gasteiger charge is 2.27. The number of carbonyl (C=O) groups excluding carboxylic acids is 1. The van der Waals surface area contributed by atoms with Gasteiger partial charge in [-0.25, -0.2) is 19.3 Å². The largest absolute Gasteiger partial charge is 0.389 e. The number of hydrogen-bond donors (Lipinski definition) is 2. The van der Waals surface area contributed by atoms with Crippen molar-refractivity contribution in [3.8, 4) is 23.1 Å². The number of nitrogens with zero attached hydrogens (tertiary/aromatic N) is 5. The van der Waals surface area contributed by atoms with Crippen molar-refractivity contribution in [2.75, 3.05) is 38.5 Å². The molecule has 37 heavy (non-hydrogen) atoms. The second kappa shape index (κ2) is 11.0. The number of amides is 1. The normalized spacial score (nSPS) is 14.2. The van der Waals surface area contributed by atoms with Crippen LogP contribution in [0.1, 0.15) is 48.0 Å². The Labute approximate surface area is 216 Å². The number of hydrogen-bond acceptors (Lipinski definition) is 7. The fourth-order valence-electron chi connectivity index (χ4n) is 4.32. The molecular formula is C28H31FN6O2. The number of piperazine rings is 1. The fourth-order valence-corrected chi connectivity index (χ4v) is 4.32. The third-order valence-electron chi connectivity index (χ3n) is 6.12. The Balaban J connectivity index is 1.57. The van der Waals surface area contributed by atoms with Gasteiger partial charge < -0.3 is 15.7 Å². The summed E-state index contributed by atoms with van der Waals surface area (Å²) < 4.78 is 15.3. The van der Waals surface area contributed by atoms with E-state index in [-0.39, 0.29) is 11.5 Å². The summed E-state index contributed by atoms with van der Waals surface area (Å²) in [5, 5.41) is 10.0. The molecule has 0 saturated carbocycles. The van der Waals surface area contributed by atoms with Crippen LogP contribution in [0.2, 0.25) is 0 Å². The Hall–Kier alpha value is -3.87. The number of carbonyl (C=O) groups is 1. The van der Waals surface area contributed by atoms with Crippen molar-refractivity contribution in [2.24, 2.45) is 0 Å². The van der Waals surface area contributed by atoms with Gasteiger partial charge in [-0.2, -0.15) is 0 Å². The van der Waals surface area contributed by atoms with Gasteiger partial charge in [0.2, 0.25) is 0 Å². The predicted octanol–water partition coefficient (Wildman–Crippen LogP) is 2.75. The van der Waals surface area contributed by atoms with Gasteiger partial charge in [-0.15, -0.1) is 0 Å². The lowest BCUT2D eigenvalue weighted by molar-refractivity contribution is 0.0177. The summed E-state index contributed by atoms with van der Waals surface area (Å²) in [6.07, 6.45) is 3.65. The number of nitrogens with two attached hydrogens (primary N) is 1. The average molecular weight is 503 g/mol. The van der Waals surface area contributed by atoms with Crippen LogP contribution in [-0.4, -0.2) is 74.1 Å². The predicted molar refractivity (Wildman–Crippen MR) is 140 cm³/mol. The number of rotatable bonds is 5. The molecule has 0 atom stereocenters. The number of anilines is 1. The number of aromatic nitrogens is 3. The Morgan fingerprint density at radius 3 is 2.49 bits per heavy atom. The molecule has 0 unspecified atom stereocenters. The van der Waals surface area contributed by atoms with E-state index >= 15 is 4.39 Å². The van der Waals surface area contributed by atoms with Crippen LogP contribution in [0.15, 0.2) is 42.9 Å². The van der Waals surface area contributed by atoms with Crippen LogP contribution in [0.3, 0.4) is 0 Å². The van der Waals surface area contributed by atoms with Gasteiger partial charge in [0.05, 0.1) is 28.1 Å². The molecule has 0 radical (unpaired) electrons. The zero-order valence-electron chi connectivity index (χ0n) is 21.3. The van der Waals surface area contributed by atoms with Crippen molar-refractivity contribution in [1.29, 1.82) is 0 Å². The fraction of sp³-hybridized carbons (Fsp3) is 0.357. The lowest BCUT2D eigenvalue weighted by Crippen LogP contribution is -2.52. The molecule has 0 aliphatic carbocycles. The van der Waals surface area contributed by atoms with E-state index in [9.17, 15) is 9.90 Å². The van der Waals surface area contributed by atoms with Crippen LogP contribution >= 0.6 is 0 Å². The molecule has 1 aliphatic rings. The number of halogens is 1. The zero-order valence-corrected chi connectivity index (χ0v) is 21.3. The van der Waals surface area contributed by atoms with Crippen LogP contribution in [0.4, 0.5) is 10.2 Å². The van der Waals surface area contributed by atoms with Crippen LogP contribution in [0, 0.1) is 17.7 Å². The molecule has 1 amide bonds. The third kappa shape index (κ3) is 6.47. The first-order valence-corrected chi connectivity index (χ1v) is 12.3. The highest BCUT2D eigenvalue weighted by molar-refractivity contribution is 5.95. The maximum atomic E-state index is 15.3. The van der Waals surface area contributed by atoms with E-state index in [4.69, 9.17) is 5.73 Å². The number of benzene rings is 1. The molecule has 192 valence electrons. The first-order chi connectivity index (χ1) is 17.6. The molecule has 4 rings (SSSR count).